The van der Waals surface area contributed by atoms with Crippen LogP contribution in [0.5, 0.6) is 0 Å². The molecular formula is C22H35IN4O2. The Balaban J connectivity index is 0.00000300. The molecule has 0 radical (unpaired) electrons. The van der Waals surface area contributed by atoms with Crippen molar-refractivity contribution in [3.05, 3.63) is 29.8 Å². The number of carbonyl (C=O) groups is 1. The van der Waals surface area contributed by atoms with Crippen LogP contribution in [0.3, 0.4) is 0 Å². The molecule has 2 unspecified atom stereocenters. The van der Waals surface area contributed by atoms with Crippen molar-refractivity contribution >= 4 is 41.5 Å². The molecule has 3 rings (SSSR count). The second kappa shape index (κ2) is 10.6. The Morgan fingerprint density at radius 3 is 2.76 bits per heavy atom. The van der Waals surface area contributed by atoms with Crippen molar-refractivity contribution in [2.75, 3.05) is 38.2 Å². The smallest absolute Gasteiger partial charge is 0.246 e. The maximum Gasteiger partial charge on any atom is 0.246 e. The van der Waals surface area contributed by atoms with Crippen LogP contribution in [-0.4, -0.2) is 51.3 Å². The van der Waals surface area contributed by atoms with Crippen LogP contribution in [0.2, 0.25) is 0 Å². The first-order chi connectivity index (χ1) is 13.4. The van der Waals surface area contributed by atoms with Gasteiger partial charge in [0.05, 0.1) is 12.6 Å². The highest BCUT2D eigenvalue weighted by Gasteiger charge is 2.35. The number of aliphatic imine (C=N–C) groups is 1. The van der Waals surface area contributed by atoms with Gasteiger partial charge < -0.3 is 20.3 Å². The molecule has 1 amide bonds. The van der Waals surface area contributed by atoms with E-state index in [2.05, 4.69) is 42.5 Å². The fourth-order valence-corrected chi connectivity index (χ4v) is 4.31. The van der Waals surface area contributed by atoms with Crippen LogP contribution in [0.15, 0.2) is 29.3 Å². The highest BCUT2D eigenvalue weighted by atomic mass is 127. The van der Waals surface area contributed by atoms with Gasteiger partial charge in [0.15, 0.2) is 5.96 Å². The van der Waals surface area contributed by atoms with E-state index in [0.717, 1.165) is 44.6 Å². The molecule has 7 heteroatoms. The summed E-state index contributed by atoms with van der Waals surface area (Å²) >= 11 is 0. The molecule has 29 heavy (non-hydrogen) atoms. The number of fused-ring (bicyclic) bond motifs is 1. The van der Waals surface area contributed by atoms with E-state index < -0.39 is 0 Å². The summed E-state index contributed by atoms with van der Waals surface area (Å²) in [6.45, 7) is 9.32. The predicted octanol–water partition coefficient (Wildman–Crippen LogP) is 3.20. The molecular weight excluding hydrogens is 479 g/mol. The molecule has 1 aromatic rings. The van der Waals surface area contributed by atoms with Gasteiger partial charge in [0.1, 0.15) is 0 Å². The number of hydrogen-bond donors (Lipinski definition) is 2. The summed E-state index contributed by atoms with van der Waals surface area (Å²) in [4.78, 5) is 18.8. The Labute approximate surface area is 191 Å². The largest absolute Gasteiger partial charge is 0.377 e. The lowest BCUT2D eigenvalue weighted by Crippen LogP contribution is -2.49. The molecule has 2 N–H and O–H groups in total. The summed E-state index contributed by atoms with van der Waals surface area (Å²) in [5, 5.41) is 6.57. The molecule has 2 aliphatic rings. The second-order valence-electron chi connectivity index (χ2n) is 8.79. The molecule has 0 saturated carbocycles. The zero-order valence-electron chi connectivity index (χ0n) is 18.0. The van der Waals surface area contributed by atoms with Crippen LogP contribution in [0, 0.1) is 11.3 Å². The van der Waals surface area contributed by atoms with Crippen LogP contribution in [0.1, 0.15) is 39.2 Å². The number of ether oxygens (including phenoxy) is 1. The van der Waals surface area contributed by atoms with Crippen LogP contribution < -0.4 is 15.5 Å². The first-order valence-corrected chi connectivity index (χ1v) is 10.3. The van der Waals surface area contributed by atoms with Gasteiger partial charge in [-0.2, -0.15) is 0 Å². The van der Waals surface area contributed by atoms with Crippen molar-refractivity contribution in [2.45, 2.75) is 46.1 Å². The monoisotopic (exact) mass is 514 g/mol. The SMILES string of the molecule is CN=C(NCC(=O)N1CCc2ccccc21)NCC1CCCOC1C(C)(C)C.I. The van der Waals surface area contributed by atoms with Crippen molar-refractivity contribution < 1.29 is 9.53 Å². The molecule has 0 spiro atoms. The van der Waals surface area contributed by atoms with Crippen molar-refractivity contribution in [3.8, 4) is 0 Å². The van der Waals surface area contributed by atoms with E-state index in [0.29, 0.717) is 11.9 Å². The molecule has 162 valence electrons. The van der Waals surface area contributed by atoms with E-state index >= 15 is 0 Å². The number of hydrogen-bond acceptors (Lipinski definition) is 3. The number of rotatable bonds is 4. The number of amides is 1. The first kappa shape index (κ1) is 23.9. The van der Waals surface area contributed by atoms with Gasteiger partial charge in [0.2, 0.25) is 5.91 Å². The van der Waals surface area contributed by atoms with Crippen molar-refractivity contribution in [1.29, 1.82) is 0 Å². The second-order valence-corrected chi connectivity index (χ2v) is 8.79. The van der Waals surface area contributed by atoms with Gasteiger partial charge in [0.25, 0.3) is 0 Å². The number of anilines is 1. The number of benzene rings is 1. The van der Waals surface area contributed by atoms with Crippen molar-refractivity contribution in [3.63, 3.8) is 0 Å². The van der Waals surface area contributed by atoms with E-state index in [1.807, 2.05) is 23.1 Å². The molecule has 2 aliphatic heterocycles. The van der Waals surface area contributed by atoms with Crippen molar-refractivity contribution in [2.24, 2.45) is 16.3 Å². The van der Waals surface area contributed by atoms with E-state index in [1.165, 1.54) is 5.56 Å². The lowest BCUT2D eigenvalue weighted by Gasteiger charge is -2.40. The summed E-state index contributed by atoms with van der Waals surface area (Å²) in [6.07, 6.45) is 3.40. The predicted molar refractivity (Wildman–Crippen MR) is 129 cm³/mol. The molecule has 0 aromatic heterocycles. The van der Waals surface area contributed by atoms with E-state index in [9.17, 15) is 4.79 Å². The minimum absolute atomic E-state index is 0. The number of halogens is 1. The van der Waals surface area contributed by atoms with Gasteiger partial charge in [-0.15, -0.1) is 24.0 Å². The Morgan fingerprint density at radius 1 is 1.28 bits per heavy atom. The molecule has 0 aliphatic carbocycles. The molecule has 6 nitrogen and oxygen atoms in total. The fourth-order valence-electron chi connectivity index (χ4n) is 4.31. The molecule has 0 bridgehead atoms. The number of guanidine groups is 1. The number of nitrogens with one attached hydrogen (secondary N) is 2. The van der Waals surface area contributed by atoms with Gasteiger partial charge in [-0.05, 0) is 36.3 Å². The summed E-state index contributed by atoms with van der Waals surface area (Å²) in [5.41, 5.74) is 2.39. The summed E-state index contributed by atoms with van der Waals surface area (Å²) in [6, 6.07) is 8.12. The number of carbonyl (C=O) groups excluding carboxylic acids is 1. The minimum Gasteiger partial charge on any atom is -0.377 e. The Morgan fingerprint density at radius 2 is 2.03 bits per heavy atom. The van der Waals surface area contributed by atoms with E-state index in [4.69, 9.17) is 4.74 Å². The third kappa shape index (κ3) is 6.07. The van der Waals surface area contributed by atoms with E-state index in [1.54, 1.807) is 7.05 Å². The normalized spacial score (nSPS) is 21.9. The first-order valence-electron chi connectivity index (χ1n) is 10.3. The van der Waals surface area contributed by atoms with Crippen LogP contribution in [0.25, 0.3) is 0 Å². The average Bonchev–Trinajstić information content (AvgIpc) is 3.11. The quantitative estimate of drug-likeness (QED) is 0.368. The zero-order chi connectivity index (χ0) is 20.1. The fraction of sp³-hybridized carbons (Fsp3) is 0.636. The van der Waals surface area contributed by atoms with Crippen LogP contribution in [-0.2, 0) is 16.0 Å². The number of para-hydroxylation sites is 1. The third-order valence-corrected chi connectivity index (χ3v) is 5.65. The molecule has 1 aromatic carbocycles. The Hall–Kier alpha value is -1.35. The number of nitrogens with zero attached hydrogens (tertiary/aromatic N) is 2. The van der Waals surface area contributed by atoms with Gasteiger partial charge in [-0.25, -0.2) is 0 Å². The van der Waals surface area contributed by atoms with Gasteiger partial charge in [-0.1, -0.05) is 39.0 Å². The zero-order valence-corrected chi connectivity index (χ0v) is 20.4. The van der Waals surface area contributed by atoms with E-state index in [-0.39, 0.29) is 47.9 Å². The average molecular weight is 514 g/mol. The summed E-state index contributed by atoms with van der Waals surface area (Å²) in [7, 11) is 1.74. The summed E-state index contributed by atoms with van der Waals surface area (Å²) < 4.78 is 6.06. The highest BCUT2D eigenvalue weighted by molar-refractivity contribution is 14.0. The van der Waals surface area contributed by atoms with Gasteiger partial charge in [0, 0.05) is 38.3 Å². The maximum absolute atomic E-state index is 12.7. The molecule has 2 atom stereocenters. The van der Waals surface area contributed by atoms with Crippen LogP contribution >= 0.6 is 24.0 Å². The van der Waals surface area contributed by atoms with Crippen LogP contribution in [0.4, 0.5) is 5.69 Å². The maximum atomic E-state index is 12.7. The van der Waals surface area contributed by atoms with Gasteiger partial charge in [-0.3, -0.25) is 9.79 Å². The molecule has 1 fully saturated rings. The minimum atomic E-state index is 0. The Bertz CT molecular complexity index is 717. The lowest BCUT2D eigenvalue weighted by molar-refractivity contribution is -0.117. The topological polar surface area (TPSA) is 66.0 Å². The standard InChI is InChI=1S/C22H34N4O2.HI/c1-22(2,3)20-17(9-7-13-28-20)14-24-21(23-4)25-15-19(27)26-12-11-16-8-5-6-10-18(16)26;/h5-6,8,10,17,20H,7,9,11-15H2,1-4H3,(H2,23,24,25);1H. The van der Waals surface area contributed by atoms with Gasteiger partial charge >= 0.3 is 0 Å². The Kier molecular flexibility index (Phi) is 8.75. The highest BCUT2D eigenvalue weighted by Crippen LogP contribution is 2.33. The molecule has 2 heterocycles. The summed E-state index contributed by atoms with van der Waals surface area (Å²) in [5.74, 6) is 1.17. The third-order valence-electron chi connectivity index (χ3n) is 5.65. The molecule has 1 saturated heterocycles. The lowest BCUT2D eigenvalue weighted by atomic mass is 9.78. The van der Waals surface area contributed by atoms with Crippen molar-refractivity contribution in [1.82, 2.24) is 10.6 Å².